The van der Waals surface area contributed by atoms with Gasteiger partial charge in [0.1, 0.15) is 6.61 Å². The van der Waals surface area contributed by atoms with Gasteiger partial charge in [0, 0.05) is 5.57 Å². The van der Waals surface area contributed by atoms with Crippen LogP contribution in [0.25, 0.3) is 0 Å². The first-order valence-corrected chi connectivity index (χ1v) is 5.11. The number of allylic oxidation sites excluding steroid dienone is 2. The third-order valence-corrected chi connectivity index (χ3v) is 2.81. The first-order valence-electron chi connectivity index (χ1n) is 5.11. The van der Waals surface area contributed by atoms with Crippen LogP contribution in [0, 0.1) is 0 Å². The number of hydrogen-bond acceptors (Lipinski definition) is 3. The molecule has 1 N–H and O–H groups in total. The topological polar surface area (TPSA) is 41.6 Å². The van der Waals surface area contributed by atoms with Gasteiger partial charge in [-0.3, -0.25) is 4.79 Å². The van der Waals surface area contributed by atoms with Crippen LogP contribution in [-0.4, -0.2) is 36.5 Å². The highest BCUT2D eigenvalue weighted by Gasteiger charge is 2.31. The Balaban J connectivity index is 2.06. The van der Waals surface area contributed by atoms with Gasteiger partial charge in [0.2, 0.25) is 5.91 Å². The number of fused-ring (bicyclic) bond motifs is 2. The maximum absolute atomic E-state index is 11.6. The van der Waals surface area contributed by atoms with E-state index in [1.165, 1.54) is 0 Å². The Hall–Kier alpha value is -1.71. The summed E-state index contributed by atoms with van der Waals surface area (Å²) in [4.78, 5) is 13.6. The largest absolute Gasteiger partial charge is 0.477 e. The highest BCUT2D eigenvalue weighted by atomic mass is 16.5. The molecule has 1 aliphatic carbocycles. The summed E-state index contributed by atoms with van der Waals surface area (Å²) in [7, 11) is 0. The lowest BCUT2D eigenvalue weighted by atomic mass is 10.0. The van der Waals surface area contributed by atoms with Gasteiger partial charge in [-0.15, -0.1) is 0 Å². The van der Waals surface area contributed by atoms with Crippen LogP contribution in [-0.2, 0) is 9.53 Å². The Morgan fingerprint density at radius 2 is 2.40 bits per heavy atom. The number of ether oxygens (including phenoxy) is 1. The summed E-state index contributed by atoms with van der Waals surface area (Å²) in [6, 6.07) is -0.0272. The zero-order chi connectivity index (χ0) is 10.3. The molecular weight excluding hydrogens is 192 g/mol. The Kier molecular flexibility index (Phi) is 1.80. The van der Waals surface area contributed by atoms with Crippen LogP contribution >= 0.6 is 0 Å². The average Bonchev–Trinajstić information content (AvgIpc) is 2.62. The third-order valence-electron chi connectivity index (χ3n) is 2.81. The third kappa shape index (κ3) is 1.33. The van der Waals surface area contributed by atoms with E-state index in [4.69, 9.17) is 4.74 Å². The summed E-state index contributed by atoms with van der Waals surface area (Å²) in [6.45, 7) is 1.88. The molecule has 0 radical (unpaired) electrons. The van der Waals surface area contributed by atoms with Crippen molar-refractivity contribution >= 4 is 5.91 Å². The van der Waals surface area contributed by atoms with Crippen molar-refractivity contribution in [2.75, 3.05) is 19.7 Å². The standard InChI is InChI=1S/C11H12N2O2/c14-10-7-13-5-6-15-11(13)8-3-1-2-4-9(8)12-10/h1-4,9H,5-7H2,(H,12,14). The van der Waals surface area contributed by atoms with Crippen molar-refractivity contribution in [3.05, 3.63) is 35.8 Å². The quantitative estimate of drug-likeness (QED) is 0.611. The SMILES string of the molecule is O=C1CN2CCOC2=C2C=CC=CC2N1. The highest BCUT2D eigenvalue weighted by molar-refractivity contribution is 5.80. The van der Waals surface area contributed by atoms with Crippen LogP contribution in [0.1, 0.15) is 0 Å². The van der Waals surface area contributed by atoms with Crippen molar-refractivity contribution in [3.8, 4) is 0 Å². The molecule has 2 heterocycles. The summed E-state index contributed by atoms with van der Waals surface area (Å²) >= 11 is 0. The smallest absolute Gasteiger partial charge is 0.240 e. The zero-order valence-corrected chi connectivity index (χ0v) is 8.27. The van der Waals surface area contributed by atoms with Gasteiger partial charge in [-0.05, 0) is 0 Å². The molecule has 4 nitrogen and oxygen atoms in total. The molecule has 2 aliphatic heterocycles. The summed E-state index contributed by atoms with van der Waals surface area (Å²) in [5.74, 6) is 0.914. The summed E-state index contributed by atoms with van der Waals surface area (Å²) in [6.07, 6.45) is 7.89. The number of amides is 1. The molecule has 78 valence electrons. The fraction of sp³-hybridized carbons (Fsp3) is 0.364. The normalized spacial score (nSPS) is 28.1. The fourth-order valence-corrected chi connectivity index (χ4v) is 2.13. The average molecular weight is 204 g/mol. The molecule has 1 atom stereocenters. The molecule has 1 saturated heterocycles. The Bertz CT molecular complexity index is 395. The lowest BCUT2D eigenvalue weighted by Gasteiger charge is -2.17. The van der Waals surface area contributed by atoms with Crippen LogP contribution < -0.4 is 5.32 Å². The van der Waals surface area contributed by atoms with Gasteiger partial charge in [0.15, 0.2) is 5.88 Å². The highest BCUT2D eigenvalue weighted by Crippen LogP contribution is 2.25. The van der Waals surface area contributed by atoms with Gasteiger partial charge < -0.3 is 15.0 Å². The van der Waals surface area contributed by atoms with E-state index in [2.05, 4.69) is 5.32 Å². The van der Waals surface area contributed by atoms with Crippen molar-refractivity contribution in [2.45, 2.75) is 6.04 Å². The number of nitrogens with zero attached hydrogens (tertiary/aromatic N) is 1. The molecule has 0 aromatic carbocycles. The van der Waals surface area contributed by atoms with E-state index >= 15 is 0 Å². The van der Waals surface area contributed by atoms with Crippen LogP contribution in [0.15, 0.2) is 35.8 Å². The molecule has 15 heavy (non-hydrogen) atoms. The monoisotopic (exact) mass is 204 g/mol. The number of carbonyl (C=O) groups is 1. The number of nitrogens with one attached hydrogen (secondary N) is 1. The van der Waals surface area contributed by atoms with Gasteiger partial charge in [-0.1, -0.05) is 24.3 Å². The Morgan fingerprint density at radius 1 is 1.47 bits per heavy atom. The van der Waals surface area contributed by atoms with E-state index in [-0.39, 0.29) is 11.9 Å². The first kappa shape index (κ1) is 8.59. The van der Waals surface area contributed by atoms with Crippen molar-refractivity contribution in [1.82, 2.24) is 10.2 Å². The minimum Gasteiger partial charge on any atom is -0.477 e. The van der Waals surface area contributed by atoms with Crippen LogP contribution in [0.4, 0.5) is 0 Å². The van der Waals surface area contributed by atoms with Crippen molar-refractivity contribution < 1.29 is 9.53 Å². The maximum atomic E-state index is 11.6. The lowest BCUT2D eigenvalue weighted by Crippen LogP contribution is -2.37. The molecule has 1 fully saturated rings. The van der Waals surface area contributed by atoms with Crippen molar-refractivity contribution in [2.24, 2.45) is 0 Å². The number of hydrogen-bond donors (Lipinski definition) is 1. The maximum Gasteiger partial charge on any atom is 0.240 e. The fourth-order valence-electron chi connectivity index (χ4n) is 2.13. The molecular formula is C11H12N2O2. The van der Waals surface area contributed by atoms with Gasteiger partial charge >= 0.3 is 0 Å². The minimum atomic E-state index is -0.0272. The van der Waals surface area contributed by atoms with Gasteiger partial charge in [0.25, 0.3) is 0 Å². The summed E-state index contributed by atoms with van der Waals surface area (Å²) in [5, 5.41) is 2.95. The van der Waals surface area contributed by atoms with Crippen LogP contribution in [0.5, 0.6) is 0 Å². The predicted molar refractivity (Wildman–Crippen MR) is 54.8 cm³/mol. The molecule has 3 rings (SSSR count). The number of carbonyl (C=O) groups excluding carboxylic acids is 1. The van der Waals surface area contributed by atoms with Gasteiger partial charge in [0.05, 0.1) is 19.1 Å². The van der Waals surface area contributed by atoms with Crippen LogP contribution in [0.3, 0.4) is 0 Å². The second-order valence-corrected chi connectivity index (χ2v) is 3.82. The Labute approximate surface area is 87.9 Å². The number of rotatable bonds is 0. The second kappa shape index (κ2) is 3.15. The zero-order valence-electron chi connectivity index (χ0n) is 8.27. The molecule has 1 unspecified atom stereocenters. The molecule has 1 amide bonds. The molecule has 0 bridgehead atoms. The lowest BCUT2D eigenvalue weighted by molar-refractivity contribution is -0.121. The van der Waals surface area contributed by atoms with E-state index in [1.807, 2.05) is 29.2 Å². The van der Waals surface area contributed by atoms with Crippen molar-refractivity contribution in [3.63, 3.8) is 0 Å². The predicted octanol–water partition coefficient (Wildman–Crippen LogP) is 0.155. The molecule has 0 aromatic rings. The second-order valence-electron chi connectivity index (χ2n) is 3.82. The van der Waals surface area contributed by atoms with E-state index in [0.717, 1.165) is 18.0 Å². The van der Waals surface area contributed by atoms with E-state index in [0.29, 0.717) is 13.2 Å². The molecule has 4 heteroatoms. The molecule has 0 aromatic heterocycles. The van der Waals surface area contributed by atoms with E-state index in [1.54, 1.807) is 0 Å². The van der Waals surface area contributed by atoms with Crippen LogP contribution in [0.2, 0.25) is 0 Å². The van der Waals surface area contributed by atoms with Gasteiger partial charge in [-0.25, -0.2) is 0 Å². The molecule has 3 aliphatic rings. The summed E-state index contributed by atoms with van der Waals surface area (Å²) < 4.78 is 5.58. The van der Waals surface area contributed by atoms with E-state index in [9.17, 15) is 4.79 Å². The van der Waals surface area contributed by atoms with Gasteiger partial charge in [-0.2, -0.15) is 0 Å². The minimum absolute atomic E-state index is 0.0272. The Morgan fingerprint density at radius 3 is 3.33 bits per heavy atom. The summed E-state index contributed by atoms with van der Waals surface area (Å²) in [5.41, 5.74) is 1.06. The van der Waals surface area contributed by atoms with Crippen molar-refractivity contribution in [1.29, 1.82) is 0 Å². The van der Waals surface area contributed by atoms with E-state index < -0.39 is 0 Å². The molecule has 0 spiro atoms. The first-order chi connectivity index (χ1) is 7.34. The molecule has 0 saturated carbocycles.